The summed E-state index contributed by atoms with van der Waals surface area (Å²) in [7, 11) is 3.66. The average Bonchev–Trinajstić information content (AvgIpc) is 3.31. The van der Waals surface area contributed by atoms with E-state index in [9.17, 15) is 4.79 Å². The molecule has 0 radical (unpaired) electrons. The first-order valence-electron chi connectivity index (χ1n) is 8.40. The van der Waals surface area contributed by atoms with Crippen LogP contribution in [-0.4, -0.2) is 47.3 Å². The van der Waals surface area contributed by atoms with E-state index in [1.807, 2.05) is 13.2 Å². The summed E-state index contributed by atoms with van der Waals surface area (Å²) in [5.41, 5.74) is 0.881. The summed E-state index contributed by atoms with van der Waals surface area (Å²) in [6, 6.07) is 4.14. The minimum Gasteiger partial charge on any atom is -0.352 e. The standard InChI is InChI=1S/C17H25N5OS.2ClH/c1-18-16(13-10-20-21(2)12-13)17(23)19-11-14(15-6-5-9-24-15)22-7-3-4-8-22;;/h5-6,9-10,12,14,16,18H,3-4,7-8,11H2,1-2H3,(H,19,23);2*1H. The Hall–Kier alpha value is -1.12. The Morgan fingerprint density at radius 2 is 2.08 bits per heavy atom. The molecule has 146 valence electrons. The second kappa shape index (κ2) is 10.9. The van der Waals surface area contributed by atoms with Crippen molar-refractivity contribution in [1.29, 1.82) is 0 Å². The van der Waals surface area contributed by atoms with Gasteiger partial charge in [0.25, 0.3) is 0 Å². The van der Waals surface area contributed by atoms with Gasteiger partial charge in [0.1, 0.15) is 6.04 Å². The molecule has 6 nitrogen and oxygen atoms in total. The predicted octanol–water partition coefficient (Wildman–Crippen LogP) is 2.54. The molecule has 1 aliphatic rings. The van der Waals surface area contributed by atoms with Crippen molar-refractivity contribution in [3.05, 3.63) is 40.3 Å². The Bertz CT molecular complexity index is 658. The number of nitrogens with one attached hydrogen (secondary N) is 2. The van der Waals surface area contributed by atoms with Crippen LogP contribution in [0.5, 0.6) is 0 Å². The Morgan fingerprint density at radius 1 is 1.35 bits per heavy atom. The lowest BCUT2D eigenvalue weighted by Gasteiger charge is -2.27. The van der Waals surface area contributed by atoms with Gasteiger partial charge in [-0.05, 0) is 44.4 Å². The van der Waals surface area contributed by atoms with E-state index in [-0.39, 0.29) is 42.8 Å². The molecule has 2 atom stereocenters. The smallest absolute Gasteiger partial charge is 0.241 e. The highest BCUT2D eigenvalue weighted by molar-refractivity contribution is 7.10. The fraction of sp³-hybridized carbons (Fsp3) is 0.529. The first-order valence-corrected chi connectivity index (χ1v) is 9.28. The van der Waals surface area contributed by atoms with E-state index in [0.717, 1.165) is 18.7 Å². The lowest BCUT2D eigenvalue weighted by Crippen LogP contribution is -2.41. The molecule has 0 saturated carbocycles. The Labute approximate surface area is 171 Å². The quantitative estimate of drug-likeness (QED) is 0.723. The van der Waals surface area contributed by atoms with Gasteiger partial charge in [-0.1, -0.05) is 6.07 Å². The number of nitrogens with zero attached hydrogens (tertiary/aromatic N) is 3. The number of thiophene rings is 1. The van der Waals surface area contributed by atoms with E-state index in [0.29, 0.717) is 6.54 Å². The van der Waals surface area contributed by atoms with Gasteiger partial charge in [-0.15, -0.1) is 36.2 Å². The molecule has 2 aromatic rings. The summed E-state index contributed by atoms with van der Waals surface area (Å²) in [5, 5.41) is 12.5. The van der Waals surface area contributed by atoms with Crippen LogP contribution >= 0.6 is 36.2 Å². The van der Waals surface area contributed by atoms with Crippen LogP contribution in [0.25, 0.3) is 0 Å². The molecule has 1 amide bonds. The maximum Gasteiger partial charge on any atom is 0.241 e. The van der Waals surface area contributed by atoms with Gasteiger partial charge in [-0.3, -0.25) is 14.4 Å². The van der Waals surface area contributed by atoms with Crippen molar-refractivity contribution >= 4 is 42.1 Å². The van der Waals surface area contributed by atoms with Crippen LogP contribution < -0.4 is 10.6 Å². The molecule has 2 N–H and O–H groups in total. The molecule has 2 aromatic heterocycles. The SMILES string of the molecule is CNC(C(=O)NCC(c1cccs1)N1CCCC1)c1cnn(C)c1.Cl.Cl. The van der Waals surface area contributed by atoms with Crippen molar-refractivity contribution in [3.8, 4) is 0 Å². The topological polar surface area (TPSA) is 62.2 Å². The molecule has 3 heterocycles. The number of carbonyl (C=O) groups is 1. The molecule has 2 unspecified atom stereocenters. The maximum atomic E-state index is 12.6. The van der Waals surface area contributed by atoms with Crippen molar-refractivity contribution in [3.63, 3.8) is 0 Å². The summed E-state index contributed by atoms with van der Waals surface area (Å²) in [6.07, 6.45) is 6.09. The molecule has 0 bridgehead atoms. The molecule has 26 heavy (non-hydrogen) atoms. The molecule has 1 aliphatic heterocycles. The monoisotopic (exact) mass is 419 g/mol. The molecular weight excluding hydrogens is 393 g/mol. The van der Waals surface area contributed by atoms with Crippen LogP contribution in [0.3, 0.4) is 0 Å². The number of aryl methyl sites for hydroxylation is 1. The summed E-state index contributed by atoms with van der Waals surface area (Å²) in [4.78, 5) is 16.4. The van der Waals surface area contributed by atoms with E-state index in [4.69, 9.17) is 0 Å². The first-order chi connectivity index (χ1) is 11.7. The zero-order valence-electron chi connectivity index (χ0n) is 15.1. The molecule has 0 aliphatic carbocycles. The molecule has 1 fully saturated rings. The fourth-order valence-electron chi connectivity index (χ4n) is 3.28. The Morgan fingerprint density at radius 3 is 2.62 bits per heavy atom. The Balaban J connectivity index is 0.00000169. The number of likely N-dealkylation sites (N-methyl/N-ethyl adjacent to an activating group) is 1. The zero-order chi connectivity index (χ0) is 16.9. The molecule has 3 rings (SSSR count). The third kappa shape index (κ3) is 5.44. The number of likely N-dealkylation sites (tertiary alicyclic amines) is 1. The molecule has 1 saturated heterocycles. The second-order valence-electron chi connectivity index (χ2n) is 6.19. The van der Waals surface area contributed by atoms with Crippen LogP contribution in [0.15, 0.2) is 29.9 Å². The van der Waals surface area contributed by atoms with E-state index in [1.54, 1.807) is 29.3 Å². The maximum absolute atomic E-state index is 12.6. The largest absolute Gasteiger partial charge is 0.352 e. The van der Waals surface area contributed by atoms with Crippen molar-refractivity contribution in [2.24, 2.45) is 7.05 Å². The van der Waals surface area contributed by atoms with Crippen LogP contribution in [0.1, 0.15) is 35.4 Å². The minimum absolute atomic E-state index is 0. The van der Waals surface area contributed by atoms with Crippen LogP contribution in [0.2, 0.25) is 0 Å². The van der Waals surface area contributed by atoms with E-state index < -0.39 is 0 Å². The fourth-order valence-corrected chi connectivity index (χ4v) is 4.14. The van der Waals surface area contributed by atoms with Crippen LogP contribution in [0.4, 0.5) is 0 Å². The lowest BCUT2D eigenvalue weighted by molar-refractivity contribution is -0.123. The van der Waals surface area contributed by atoms with Gasteiger partial charge in [-0.25, -0.2) is 0 Å². The van der Waals surface area contributed by atoms with Gasteiger partial charge in [0, 0.05) is 30.2 Å². The highest BCUT2D eigenvalue weighted by atomic mass is 35.5. The molecular formula is C17H27Cl2N5OS. The first kappa shape index (κ1) is 22.9. The summed E-state index contributed by atoms with van der Waals surface area (Å²) in [6.45, 7) is 2.85. The van der Waals surface area contributed by atoms with E-state index in [2.05, 4.69) is 38.1 Å². The van der Waals surface area contributed by atoms with Crippen molar-refractivity contribution < 1.29 is 4.79 Å². The van der Waals surface area contributed by atoms with Gasteiger partial charge >= 0.3 is 0 Å². The van der Waals surface area contributed by atoms with Crippen molar-refractivity contribution in [2.45, 2.75) is 24.9 Å². The number of aromatic nitrogens is 2. The van der Waals surface area contributed by atoms with Gasteiger partial charge in [0.05, 0.1) is 12.2 Å². The van der Waals surface area contributed by atoms with Gasteiger partial charge in [0.2, 0.25) is 5.91 Å². The van der Waals surface area contributed by atoms with Crippen molar-refractivity contribution in [1.82, 2.24) is 25.3 Å². The number of carbonyl (C=O) groups excluding carboxylic acids is 1. The summed E-state index contributed by atoms with van der Waals surface area (Å²) in [5.74, 6) is -0.00810. The predicted molar refractivity (Wildman–Crippen MR) is 110 cm³/mol. The third-order valence-electron chi connectivity index (χ3n) is 4.53. The number of rotatable bonds is 7. The van der Waals surface area contributed by atoms with Gasteiger partial charge in [-0.2, -0.15) is 5.10 Å². The lowest BCUT2D eigenvalue weighted by atomic mass is 10.1. The van der Waals surface area contributed by atoms with Gasteiger partial charge in [0.15, 0.2) is 0 Å². The number of hydrogen-bond donors (Lipinski definition) is 2. The second-order valence-corrected chi connectivity index (χ2v) is 7.17. The van der Waals surface area contributed by atoms with Crippen LogP contribution in [0, 0.1) is 0 Å². The number of halogens is 2. The zero-order valence-corrected chi connectivity index (χ0v) is 17.5. The van der Waals surface area contributed by atoms with Gasteiger partial charge < -0.3 is 10.6 Å². The highest BCUT2D eigenvalue weighted by Gasteiger charge is 2.26. The van der Waals surface area contributed by atoms with Crippen molar-refractivity contribution in [2.75, 3.05) is 26.7 Å². The van der Waals surface area contributed by atoms with Crippen LogP contribution in [-0.2, 0) is 11.8 Å². The van der Waals surface area contributed by atoms with E-state index >= 15 is 0 Å². The highest BCUT2D eigenvalue weighted by Crippen LogP contribution is 2.28. The summed E-state index contributed by atoms with van der Waals surface area (Å²) >= 11 is 1.76. The number of hydrogen-bond acceptors (Lipinski definition) is 5. The minimum atomic E-state index is -0.374. The Kier molecular flexibility index (Phi) is 9.60. The average molecular weight is 420 g/mol. The third-order valence-corrected chi connectivity index (χ3v) is 5.51. The van der Waals surface area contributed by atoms with E-state index in [1.165, 1.54) is 17.7 Å². The molecule has 0 spiro atoms. The normalized spacial score (nSPS) is 16.4. The molecule has 9 heteroatoms. The molecule has 0 aromatic carbocycles. The number of amides is 1. The summed E-state index contributed by atoms with van der Waals surface area (Å²) < 4.78 is 1.71.